The molecule has 0 aliphatic rings. The Morgan fingerprint density at radius 3 is 1.07 bits per heavy atom. The van der Waals surface area contributed by atoms with Gasteiger partial charge in [0.1, 0.15) is 0 Å². The first-order chi connectivity index (χ1) is 6.29. The van der Waals surface area contributed by atoms with E-state index in [0.717, 1.165) is 0 Å². The smallest absolute Gasteiger partial charge is 0.307 e. The zero-order chi connectivity index (χ0) is 11.5. The minimum atomic E-state index is -1.03. The molecule has 0 saturated heterocycles. The van der Waals surface area contributed by atoms with Crippen molar-refractivity contribution in [3.8, 4) is 0 Å². The van der Waals surface area contributed by atoms with E-state index in [0.29, 0.717) is 0 Å². The molecule has 0 fully saturated rings. The third kappa shape index (κ3) is 3.01. The van der Waals surface area contributed by atoms with E-state index in [9.17, 15) is 9.59 Å². The van der Waals surface area contributed by atoms with Crippen LogP contribution in [0.4, 0.5) is 0 Å². The van der Waals surface area contributed by atoms with Crippen LogP contribution in [0.25, 0.3) is 0 Å². The van der Waals surface area contributed by atoms with Crippen molar-refractivity contribution in [1.29, 1.82) is 0 Å². The summed E-state index contributed by atoms with van der Waals surface area (Å²) in [6.07, 6.45) is 0. The van der Waals surface area contributed by atoms with Gasteiger partial charge in [-0.25, -0.2) is 0 Å². The molecule has 2 atom stereocenters. The minimum absolute atomic E-state index is 0.170. The molecule has 0 aromatic carbocycles. The predicted octanol–water partition coefficient (Wildman–Crippen LogP) is 1.70. The number of hydrogen-bond donors (Lipinski definition) is 2. The molecule has 4 heteroatoms. The molecule has 0 amide bonds. The average molecular weight is 202 g/mol. The molecular formula is C10H18O4. The first-order valence-electron chi connectivity index (χ1n) is 4.74. The molecule has 0 heterocycles. The lowest BCUT2D eigenvalue weighted by atomic mass is 9.77. The lowest BCUT2D eigenvalue weighted by Crippen LogP contribution is -2.36. The summed E-state index contributed by atoms with van der Waals surface area (Å²) >= 11 is 0. The van der Waals surface area contributed by atoms with Gasteiger partial charge in [0.15, 0.2) is 0 Å². The lowest BCUT2D eigenvalue weighted by Gasteiger charge is -2.26. The molecule has 0 aromatic rings. The second-order valence-corrected chi connectivity index (χ2v) is 4.22. The molecule has 4 nitrogen and oxygen atoms in total. The van der Waals surface area contributed by atoms with Crippen molar-refractivity contribution in [2.75, 3.05) is 0 Å². The highest BCUT2D eigenvalue weighted by atomic mass is 16.4. The van der Waals surface area contributed by atoms with Crippen molar-refractivity contribution in [3.05, 3.63) is 0 Å². The second-order valence-electron chi connectivity index (χ2n) is 4.22. The van der Waals surface area contributed by atoms with Gasteiger partial charge in [-0.15, -0.1) is 0 Å². The first-order valence-corrected chi connectivity index (χ1v) is 4.74. The third-order valence-electron chi connectivity index (χ3n) is 2.39. The van der Waals surface area contributed by atoms with Crippen LogP contribution in [0.15, 0.2) is 0 Å². The largest absolute Gasteiger partial charge is 0.481 e. The number of aliphatic carboxylic acids is 2. The van der Waals surface area contributed by atoms with Crippen LogP contribution in [-0.2, 0) is 9.59 Å². The third-order valence-corrected chi connectivity index (χ3v) is 2.39. The Labute approximate surface area is 83.9 Å². The molecule has 0 aliphatic heterocycles. The zero-order valence-corrected chi connectivity index (χ0v) is 9.02. The van der Waals surface area contributed by atoms with Crippen molar-refractivity contribution in [1.82, 2.24) is 0 Å². The van der Waals surface area contributed by atoms with E-state index in [-0.39, 0.29) is 11.8 Å². The van der Waals surface area contributed by atoms with Crippen LogP contribution < -0.4 is 0 Å². The van der Waals surface area contributed by atoms with Gasteiger partial charge in [0, 0.05) is 0 Å². The van der Waals surface area contributed by atoms with Crippen LogP contribution in [0.3, 0.4) is 0 Å². The van der Waals surface area contributed by atoms with E-state index in [4.69, 9.17) is 10.2 Å². The molecule has 0 spiro atoms. The highest BCUT2D eigenvalue weighted by Gasteiger charge is 2.37. The fraction of sp³-hybridized carbons (Fsp3) is 0.800. The Balaban J connectivity index is 4.93. The summed E-state index contributed by atoms with van der Waals surface area (Å²) in [5, 5.41) is 17.9. The fourth-order valence-electron chi connectivity index (χ4n) is 1.71. The number of carboxylic acids is 2. The quantitative estimate of drug-likeness (QED) is 0.711. The number of hydrogen-bond acceptors (Lipinski definition) is 2. The van der Waals surface area contributed by atoms with Crippen LogP contribution in [-0.4, -0.2) is 22.2 Å². The summed E-state index contributed by atoms with van der Waals surface area (Å²) in [6, 6.07) is 0. The Kier molecular flexibility index (Phi) is 4.60. The second kappa shape index (κ2) is 4.98. The number of carbonyl (C=O) groups is 2. The van der Waals surface area contributed by atoms with Crippen LogP contribution in [0.1, 0.15) is 27.7 Å². The van der Waals surface area contributed by atoms with E-state index in [1.807, 2.05) is 0 Å². The molecule has 82 valence electrons. The molecule has 0 aromatic heterocycles. The standard InChI is InChI=1S/C10H18O4/c1-5(2)7(9(11)12)8(6(3)4)10(13)14/h5-8H,1-4H3,(H,11,12)(H,13,14)/t7-,8-/m1/s1. The van der Waals surface area contributed by atoms with E-state index < -0.39 is 23.8 Å². The van der Waals surface area contributed by atoms with Crippen molar-refractivity contribution < 1.29 is 19.8 Å². The van der Waals surface area contributed by atoms with E-state index in [1.54, 1.807) is 27.7 Å². The Morgan fingerprint density at radius 2 is 1.00 bits per heavy atom. The van der Waals surface area contributed by atoms with Crippen LogP contribution in [0, 0.1) is 23.7 Å². The van der Waals surface area contributed by atoms with Gasteiger partial charge in [0.05, 0.1) is 11.8 Å². The first kappa shape index (κ1) is 12.9. The predicted molar refractivity (Wildman–Crippen MR) is 51.9 cm³/mol. The molecule has 2 N–H and O–H groups in total. The van der Waals surface area contributed by atoms with Gasteiger partial charge in [-0.1, -0.05) is 27.7 Å². The summed E-state index contributed by atoms with van der Waals surface area (Å²) in [4.78, 5) is 21.9. The van der Waals surface area contributed by atoms with Gasteiger partial charge in [-0.3, -0.25) is 9.59 Å². The Morgan fingerprint density at radius 1 is 0.786 bits per heavy atom. The van der Waals surface area contributed by atoms with E-state index in [2.05, 4.69) is 0 Å². The SMILES string of the molecule is CC(C)[C@@H](C(=O)O)[C@H](C(=O)O)C(C)C. The van der Waals surface area contributed by atoms with Gasteiger partial charge in [0.2, 0.25) is 0 Å². The minimum Gasteiger partial charge on any atom is -0.481 e. The molecule has 0 aliphatic carbocycles. The van der Waals surface area contributed by atoms with Crippen molar-refractivity contribution in [2.24, 2.45) is 23.7 Å². The van der Waals surface area contributed by atoms with E-state index >= 15 is 0 Å². The monoisotopic (exact) mass is 202 g/mol. The van der Waals surface area contributed by atoms with Gasteiger partial charge in [-0.2, -0.15) is 0 Å². The topological polar surface area (TPSA) is 74.6 Å². The highest BCUT2D eigenvalue weighted by Crippen LogP contribution is 2.27. The summed E-state index contributed by atoms with van der Waals surface area (Å²) in [5.41, 5.74) is 0. The molecule has 0 rings (SSSR count). The van der Waals surface area contributed by atoms with Gasteiger partial charge in [0.25, 0.3) is 0 Å². The Hall–Kier alpha value is -1.06. The fourth-order valence-corrected chi connectivity index (χ4v) is 1.71. The van der Waals surface area contributed by atoms with Gasteiger partial charge in [-0.05, 0) is 11.8 Å². The van der Waals surface area contributed by atoms with Gasteiger partial charge < -0.3 is 10.2 Å². The van der Waals surface area contributed by atoms with Gasteiger partial charge >= 0.3 is 11.9 Å². The van der Waals surface area contributed by atoms with Crippen molar-refractivity contribution in [2.45, 2.75) is 27.7 Å². The van der Waals surface area contributed by atoms with Crippen LogP contribution >= 0.6 is 0 Å². The molecule has 0 bridgehead atoms. The van der Waals surface area contributed by atoms with Crippen LogP contribution in [0.2, 0.25) is 0 Å². The van der Waals surface area contributed by atoms with Crippen LogP contribution in [0.5, 0.6) is 0 Å². The normalized spacial score (nSPS) is 15.6. The van der Waals surface area contributed by atoms with E-state index in [1.165, 1.54) is 0 Å². The zero-order valence-electron chi connectivity index (χ0n) is 9.02. The number of carboxylic acid groups (broad SMARTS) is 2. The lowest BCUT2D eigenvalue weighted by molar-refractivity contribution is -0.157. The molecule has 0 unspecified atom stereocenters. The Bertz CT molecular complexity index is 196. The average Bonchev–Trinajstić information content (AvgIpc) is 1.96. The maximum Gasteiger partial charge on any atom is 0.307 e. The highest BCUT2D eigenvalue weighted by molar-refractivity contribution is 5.80. The molecule has 0 saturated carbocycles. The molecular weight excluding hydrogens is 184 g/mol. The summed E-state index contributed by atoms with van der Waals surface area (Å²) in [7, 11) is 0. The number of rotatable bonds is 5. The maximum absolute atomic E-state index is 10.9. The summed E-state index contributed by atoms with van der Waals surface area (Å²) < 4.78 is 0. The molecule has 0 radical (unpaired) electrons. The summed E-state index contributed by atoms with van der Waals surface area (Å²) in [6.45, 7) is 6.93. The van der Waals surface area contributed by atoms with Crippen molar-refractivity contribution in [3.63, 3.8) is 0 Å². The molecule has 14 heavy (non-hydrogen) atoms. The van der Waals surface area contributed by atoms with Crippen molar-refractivity contribution >= 4 is 11.9 Å². The summed E-state index contributed by atoms with van der Waals surface area (Å²) in [5.74, 6) is -4.02. The maximum atomic E-state index is 10.9.